The van der Waals surface area contributed by atoms with Gasteiger partial charge in [0.1, 0.15) is 0 Å². The molecule has 0 saturated heterocycles. The number of rotatable bonds is 11. The first-order valence-electron chi connectivity index (χ1n) is 12.8. The molecular weight excluding hydrogens is 607 g/mol. The van der Waals surface area contributed by atoms with Gasteiger partial charge in [-0.1, -0.05) is 30.3 Å². The fourth-order valence-corrected chi connectivity index (χ4v) is 5.47. The predicted octanol–water partition coefficient (Wildman–Crippen LogP) is 5.42. The van der Waals surface area contributed by atoms with Crippen LogP contribution in [0.5, 0.6) is 0 Å². The van der Waals surface area contributed by atoms with Gasteiger partial charge in [-0.25, -0.2) is 16.8 Å². The van der Waals surface area contributed by atoms with Gasteiger partial charge >= 0.3 is 0 Å². The Morgan fingerprint density at radius 3 is 1.58 bits per heavy atom. The van der Waals surface area contributed by atoms with E-state index in [-0.39, 0.29) is 9.79 Å². The van der Waals surface area contributed by atoms with Crippen LogP contribution >= 0.6 is 11.8 Å². The van der Waals surface area contributed by atoms with Gasteiger partial charge in [-0.15, -0.1) is 11.8 Å². The van der Waals surface area contributed by atoms with Gasteiger partial charge < -0.3 is 5.32 Å². The maximum absolute atomic E-state index is 11.8. The van der Waals surface area contributed by atoms with Crippen LogP contribution in [0.4, 0.5) is 23.3 Å². The largest absolute Gasteiger partial charge is 0.324 e. The monoisotopic (exact) mass is 637 g/mol. The van der Waals surface area contributed by atoms with Crippen LogP contribution in [0.15, 0.2) is 104 Å². The van der Waals surface area contributed by atoms with Crippen LogP contribution in [0.25, 0.3) is 0 Å². The molecule has 0 aliphatic rings. The lowest BCUT2D eigenvalue weighted by Crippen LogP contribution is -2.07. The van der Waals surface area contributed by atoms with Crippen LogP contribution < -0.4 is 16.2 Å². The standard InChI is InChI=1S/C29H31N7O4S3/c1-19(21-9-13-25(14-10-21)42(4,37)38)33-35-27-18-28(32-29(31-27)30-23-7-6-8-24(17-23)41-3)36-34-20(2)22-11-15-26(16-12-22)43(5,39)40/h6-18H,1-5H3,(H3,30,31,32,35,36). The second-order valence-corrected chi connectivity index (χ2v) is 14.4. The zero-order chi connectivity index (χ0) is 31.2. The number of sulfone groups is 2. The highest BCUT2D eigenvalue weighted by Crippen LogP contribution is 2.23. The van der Waals surface area contributed by atoms with E-state index >= 15 is 0 Å². The molecule has 43 heavy (non-hydrogen) atoms. The minimum absolute atomic E-state index is 0.229. The highest BCUT2D eigenvalue weighted by molar-refractivity contribution is 7.98. The Morgan fingerprint density at radius 2 is 1.16 bits per heavy atom. The smallest absolute Gasteiger partial charge is 0.231 e. The second kappa shape index (κ2) is 13.4. The van der Waals surface area contributed by atoms with Crippen LogP contribution in [-0.4, -0.2) is 57.0 Å². The molecule has 11 nitrogen and oxygen atoms in total. The van der Waals surface area contributed by atoms with Gasteiger partial charge in [0.05, 0.1) is 21.2 Å². The van der Waals surface area contributed by atoms with E-state index in [2.05, 4.69) is 36.3 Å². The third-order valence-electron chi connectivity index (χ3n) is 6.13. The van der Waals surface area contributed by atoms with Crippen molar-refractivity contribution in [2.45, 2.75) is 28.5 Å². The number of hydrazone groups is 2. The van der Waals surface area contributed by atoms with Crippen molar-refractivity contribution >= 4 is 66.1 Å². The van der Waals surface area contributed by atoms with Crippen LogP contribution in [0.2, 0.25) is 0 Å². The minimum atomic E-state index is -3.30. The number of hydrogen-bond donors (Lipinski definition) is 3. The normalized spacial score (nSPS) is 12.6. The summed E-state index contributed by atoms with van der Waals surface area (Å²) in [5.41, 5.74) is 9.39. The lowest BCUT2D eigenvalue weighted by Gasteiger charge is -2.11. The Labute approximate surface area is 255 Å². The van der Waals surface area contributed by atoms with Crippen molar-refractivity contribution in [3.05, 3.63) is 90.0 Å². The molecule has 14 heteroatoms. The van der Waals surface area contributed by atoms with Gasteiger partial charge in [0, 0.05) is 29.2 Å². The molecule has 0 bridgehead atoms. The summed E-state index contributed by atoms with van der Waals surface area (Å²) in [6, 6.07) is 22.4. The van der Waals surface area contributed by atoms with Crippen LogP contribution in [0.3, 0.4) is 0 Å². The summed E-state index contributed by atoms with van der Waals surface area (Å²) in [6.45, 7) is 3.58. The molecule has 1 aromatic heterocycles. The van der Waals surface area contributed by atoms with Crippen LogP contribution in [0.1, 0.15) is 25.0 Å². The summed E-state index contributed by atoms with van der Waals surface area (Å²) in [5.74, 6) is 1.04. The molecule has 0 atom stereocenters. The van der Waals surface area contributed by atoms with E-state index in [1.807, 2.05) is 30.5 Å². The molecule has 1 heterocycles. The SMILES string of the molecule is CSc1cccc(Nc2nc(NN=C(C)c3ccc(S(C)(=O)=O)cc3)cc(NN=C(C)c3ccc(S(C)(=O)=O)cc3)n2)c1. The Hall–Kier alpha value is -4.27. The molecule has 4 rings (SSSR count). The van der Waals surface area contributed by atoms with Crippen molar-refractivity contribution in [2.75, 3.05) is 34.9 Å². The van der Waals surface area contributed by atoms with Gasteiger partial charge in [0.15, 0.2) is 31.3 Å². The average Bonchev–Trinajstić information content (AvgIpc) is 2.98. The molecule has 0 spiro atoms. The van der Waals surface area contributed by atoms with Gasteiger partial charge in [-0.05, 0) is 73.7 Å². The summed E-state index contributed by atoms with van der Waals surface area (Å²) in [6.07, 6.45) is 4.31. The Balaban J connectivity index is 1.60. The second-order valence-electron chi connectivity index (χ2n) is 9.53. The maximum Gasteiger partial charge on any atom is 0.231 e. The fourth-order valence-electron chi connectivity index (χ4n) is 3.75. The molecule has 0 amide bonds. The predicted molar refractivity (Wildman–Crippen MR) is 174 cm³/mol. The molecule has 0 aliphatic heterocycles. The third kappa shape index (κ3) is 8.86. The zero-order valence-electron chi connectivity index (χ0n) is 24.2. The van der Waals surface area contributed by atoms with E-state index in [9.17, 15) is 16.8 Å². The highest BCUT2D eigenvalue weighted by atomic mass is 32.2. The van der Waals surface area contributed by atoms with E-state index in [0.717, 1.165) is 34.2 Å². The molecule has 0 radical (unpaired) electrons. The van der Waals surface area contributed by atoms with Crippen molar-refractivity contribution in [3.63, 3.8) is 0 Å². The quantitative estimate of drug-likeness (QED) is 0.110. The zero-order valence-corrected chi connectivity index (χ0v) is 26.6. The van der Waals surface area contributed by atoms with Crippen molar-refractivity contribution in [1.29, 1.82) is 0 Å². The number of aromatic nitrogens is 2. The van der Waals surface area contributed by atoms with Crippen molar-refractivity contribution in [3.8, 4) is 0 Å². The van der Waals surface area contributed by atoms with Gasteiger partial charge in [-0.2, -0.15) is 20.2 Å². The van der Waals surface area contributed by atoms with Crippen LogP contribution in [0, 0.1) is 0 Å². The Kier molecular flexibility index (Phi) is 9.84. The molecule has 4 aromatic rings. The molecule has 3 N–H and O–H groups in total. The Bertz CT molecular complexity index is 1780. The third-order valence-corrected chi connectivity index (χ3v) is 9.11. The summed E-state index contributed by atoms with van der Waals surface area (Å²) in [4.78, 5) is 10.6. The van der Waals surface area contributed by atoms with Gasteiger partial charge in [-0.3, -0.25) is 10.9 Å². The number of nitrogens with zero attached hydrogens (tertiary/aromatic N) is 4. The fraction of sp³-hybridized carbons (Fsp3) is 0.172. The van der Waals surface area contributed by atoms with Gasteiger partial charge in [0.25, 0.3) is 0 Å². The van der Waals surface area contributed by atoms with Crippen molar-refractivity contribution < 1.29 is 16.8 Å². The maximum atomic E-state index is 11.8. The number of thioether (sulfide) groups is 1. The first-order valence-corrected chi connectivity index (χ1v) is 17.8. The number of anilines is 4. The van der Waals surface area contributed by atoms with E-state index in [4.69, 9.17) is 0 Å². The summed E-state index contributed by atoms with van der Waals surface area (Å²) >= 11 is 1.61. The number of hydrogen-bond acceptors (Lipinski definition) is 12. The van der Waals surface area contributed by atoms with E-state index < -0.39 is 19.7 Å². The average molecular weight is 638 g/mol. The number of benzene rings is 3. The molecule has 0 fully saturated rings. The first-order chi connectivity index (χ1) is 20.3. The van der Waals surface area contributed by atoms with E-state index in [1.165, 1.54) is 24.3 Å². The summed E-state index contributed by atoms with van der Waals surface area (Å²) in [5, 5.41) is 12.1. The molecule has 0 saturated carbocycles. The summed E-state index contributed by atoms with van der Waals surface area (Å²) in [7, 11) is -6.60. The molecular formula is C29H31N7O4S3. The highest BCUT2D eigenvalue weighted by Gasteiger charge is 2.10. The topological polar surface area (TPSA) is 155 Å². The molecule has 224 valence electrons. The Morgan fingerprint density at radius 1 is 0.698 bits per heavy atom. The lowest BCUT2D eigenvalue weighted by molar-refractivity contribution is 0.600. The number of nitrogens with one attached hydrogen (secondary N) is 3. The first kappa shape index (κ1) is 31.7. The minimum Gasteiger partial charge on any atom is -0.324 e. The van der Waals surface area contributed by atoms with Gasteiger partial charge in [0.2, 0.25) is 5.95 Å². The molecule has 0 aliphatic carbocycles. The van der Waals surface area contributed by atoms with Crippen LogP contribution in [-0.2, 0) is 19.7 Å². The molecule has 3 aromatic carbocycles. The van der Waals surface area contributed by atoms with Crippen molar-refractivity contribution in [1.82, 2.24) is 9.97 Å². The van der Waals surface area contributed by atoms with Crippen molar-refractivity contribution in [2.24, 2.45) is 10.2 Å². The van der Waals surface area contributed by atoms with E-state index in [1.54, 1.807) is 55.9 Å². The lowest BCUT2D eigenvalue weighted by atomic mass is 10.1. The van der Waals surface area contributed by atoms with E-state index in [0.29, 0.717) is 29.0 Å². The summed E-state index contributed by atoms with van der Waals surface area (Å²) < 4.78 is 47.1. The molecule has 0 unspecified atom stereocenters.